The zero-order valence-corrected chi connectivity index (χ0v) is 16.9. The van der Waals surface area contributed by atoms with Crippen LogP contribution in [0.15, 0.2) is 60.7 Å². The van der Waals surface area contributed by atoms with E-state index >= 15 is 0 Å². The van der Waals surface area contributed by atoms with Gasteiger partial charge in [-0.15, -0.1) is 0 Å². The van der Waals surface area contributed by atoms with Crippen LogP contribution in [0.1, 0.15) is 32.0 Å². The SMILES string of the molecule is CC(C)(C)c1cc(NC(=O)[C@H]2COc3ccccc3O2)n(Cc2ccccc2)n1. The van der Waals surface area contributed by atoms with Crippen molar-refractivity contribution in [3.8, 4) is 11.5 Å². The Morgan fingerprint density at radius 3 is 2.52 bits per heavy atom. The van der Waals surface area contributed by atoms with E-state index in [9.17, 15) is 4.79 Å². The molecule has 0 saturated carbocycles. The van der Waals surface area contributed by atoms with Crippen LogP contribution in [0.2, 0.25) is 0 Å². The van der Waals surface area contributed by atoms with Gasteiger partial charge in [0.05, 0.1) is 12.2 Å². The van der Waals surface area contributed by atoms with Gasteiger partial charge in [-0.3, -0.25) is 4.79 Å². The number of ether oxygens (including phenoxy) is 2. The first-order valence-corrected chi connectivity index (χ1v) is 9.72. The largest absolute Gasteiger partial charge is 0.485 e. The van der Waals surface area contributed by atoms with Crippen molar-refractivity contribution in [2.75, 3.05) is 11.9 Å². The fraction of sp³-hybridized carbons (Fsp3) is 0.304. The second-order valence-corrected chi connectivity index (χ2v) is 8.16. The van der Waals surface area contributed by atoms with Gasteiger partial charge in [-0.1, -0.05) is 63.2 Å². The van der Waals surface area contributed by atoms with Gasteiger partial charge in [0.15, 0.2) is 11.5 Å². The number of para-hydroxylation sites is 2. The number of fused-ring (bicyclic) bond motifs is 1. The molecule has 0 aliphatic carbocycles. The van der Waals surface area contributed by atoms with Gasteiger partial charge in [0.25, 0.3) is 5.91 Å². The van der Waals surface area contributed by atoms with Crippen molar-refractivity contribution in [3.63, 3.8) is 0 Å². The molecule has 0 unspecified atom stereocenters. The normalized spacial score (nSPS) is 15.8. The van der Waals surface area contributed by atoms with Crippen LogP contribution in [0.4, 0.5) is 5.82 Å². The molecular weight excluding hydrogens is 366 g/mol. The Morgan fingerprint density at radius 1 is 1.10 bits per heavy atom. The van der Waals surface area contributed by atoms with E-state index in [4.69, 9.17) is 14.6 Å². The van der Waals surface area contributed by atoms with E-state index in [1.165, 1.54) is 0 Å². The van der Waals surface area contributed by atoms with Crippen LogP contribution >= 0.6 is 0 Å². The lowest BCUT2D eigenvalue weighted by Crippen LogP contribution is -2.40. The maximum Gasteiger partial charge on any atom is 0.270 e. The number of hydrogen-bond donors (Lipinski definition) is 1. The van der Waals surface area contributed by atoms with Crippen molar-refractivity contribution in [1.29, 1.82) is 0 Å². The number of rotatable bonds is 4. The number of nitrogens with zero attached hydrogens (tertiary/aromatic N) is 2. The number of aromatic nitrogens is 2. The molecule has 1 aliphatic heterocycles. The lowest BCUT2D eigenvalue weighted by atomic mass is 9.92. The second-order valence-electron chi connectivity index (χ2n) is 8.16. The quantitative estimate of drug-likeness (QED) is 0.730. The molecule has 0 radical (unpaired) electrons. The van der Waals surface area contributed by atoms with Gasteiger partial charge in [-0.25, -0.2) is 4.68 Å². The molecule has 1 aliphatic rings. The van der Waals surface area contributed by atoms with Gasteiger partial charge in [-0.2, -0.15) is 5.10 Å². The Labute approximate surface area is 170 Å². The van der Waals surface area contributed by atoms with Crippen LogP contribution in [-0.2, 0) is 16.8 Å². The Hall–Kier alpha value is -3.28. The summed E-state index contributed by atoms with van der Waals surface area (Å²) in [5.41, 5.74) is 1.89. The molecular formula is C23H25N3O3. The van der Waals surface area contributed by atoms with E-state index < -0.39 is 6.10 Å². The van der Waals surface area contributed by atoms with Crippen molar-refractivity contribution in [2.24, 2.45) is 0 Å². The summed E-state index contributed by atoms with van der Waals surface area (Å²) in [4.78, 5) is 12.9. The Morgan fingerprint density at radius 2 is 1.79 bits per heavy atom. The number of anilines is 1. The number of hydrogen-bond acceptors (Lipinski definition) is 4. The molecule has 4 rings (SSSR count). The summed E-state index contributed by atoms with van der Waals surface area (Å²) in [5, 5.41) is 7.72. The first kappa shape index (κ1) is 19.1. The molecule has 6 heteroatoms. The Kier molecular flexibility index (Phi) is 5.01. The van der Waals surface area contributed by atoms with Crippen LogP contribution in [0.5, 0.6) is 11.5 Å². The third kappa shape index (κ3) is 4.26. The van der Waals surface area contributed by atoms with Gasteiger partial charge in [0, 0.05) is 11.5 Å². The molecule has 0 bridgehead atoms. The first-order chi connectivity index (χ1) is 13.9. The average Bonchev–Trinajstić information content (AvgIpc) is 3.11. The fourth-order valence-corrected chi connectivity index (χ4v) is 3.12. The van der Waals surface area contributed by atoms with Gasteiger partial charge < -0.3 is 14.8 Å². The van der Waals surface area contributed by atoms with Crippen molar-refractivity contribution in [3.05, 3.63) is 71.9 Å². The van der Waals surface area contributed by atoms with Crippen molar-refractivity contribution >= 4 is 11.7 Å². The highest BCUT2D eigenvalue weighted by Gasteiger charge is 2.29. The van der Waals surface area contributed by atoms with Gasteiger partial charge in [0.1, 0.15) is 12.4 Å². The topological polar surface area (TPSA) is 65.4 Å². The predicted molar refractivity (Wildman–Crippen MR) is 111 cm³/mol. The van der Waals surface area contributed by atoms with Crippen molar-refractivity contribution < 1.29 is 14.3 Å². The summed E-state index contributed by atoms with van der Waals surface area (Å²) in [6.07, 6.45) is -0.719. The van der Waals surface area contributed by atoms with E-state index in [-0.39, 0.29) is 17.9 Å². The molecule has 0 spiro atoms. The zero-order chi connectivity index (χ0) is 20.4. The number of carbonyl (C=O) groups is 1. The minimum Gasteiger partial charge on any atom is -0.485 e. The number of benzene rings is 2. The summed E-state index contributed by atoms with van der Waals surface area (Å²) in [6, 6.07) is 19.3. The minimum absolute atomic E-state index is 0.134. The summed E-state index contributed by atoms with van der Waals surface area (Å²) < 4.78 is 13.3. The molecule has 29 heavy (non-hydrogen) atoms. The van der Waals surface area contributed by atoms with Gasteiger partial charge >= 0.3 is 0 Å². The molecule has 1 N–H and O–H groups in total. The zero-order valence-electron chi connectivity index (χ0n) is 16.9. The third-order valence-electron chi connectivity index (χ3n) is 4.78. The molecule has 2 heterocycles. The summed E-state index contributed by atoms with van der Waals surface area (Å²) in [7, 11) is 0. The number of amides is 1. The van der Waals surface area contributed by atoms with Crippen molar-refractivity contribution in [1.82, 2.24) is 9.78 Å². The minimum atomic E-state index is -0.719. The highest BCUT2D eigenvalue weighted by molar-refractivity contribution is 5.94. The second kappa shape index (κ2) is 7.62. The maximum absolute atomic E-state index is 12.9. The highest BCUT2D eigenvalue weighted by atomic mass is 16.6. The molecule has 6 nitrogen and oxygen atoms in total. The molecule has 1 amide bonds. The molecule has 150 valence electrons. The standard InChI is InChI=1S/C23H25N3O3/c1-23(2,3)20-13-21(26(25-20)14-16-9-5-4-6-10-16)24-22(27)19-15-28-17-11-7-8-12-18(17)29-19/h4-13,19H,14-15H2,1-3H3,(H,24,27)/t19-/m1/s1. The van der Waals surface area contributed by atoms with Crippen molar-refractivity contribution in [2.45, 2.75) is 38.8 Å². The molecule has 1 aromatic heterocycles. The van der Waals surface area contributed by atoms with Crippen LogP contribution in [0.3, 0.4) is 0 Å². The monoisotopic (exact) mass is 391 g/mol. The predicted octanol–water partition coefficient (Wildman–Crippen LogP) is 4.01. The molecule has 1 atom stereocenters. The van der Waals surface area contributed by atoms with Crippen LogP contribution < -0.4 is 14.8 Å². The van der Waals surface area contributed by atoms with Gasteiger partial charge in [-0.05, 0) is 17.7 Å². The number of carbonyl (C=O) groups excluding carboxylic acids is 1. The Bertz CT molecular complexity index is 1010. The molecule has 0 saturated heterocycles. The molecule has 0 fully saturated rings. The van der Waals surface area contributed by atoms with E-state index in [0.29, 0.717) is 23.9 Å². The van der Waals surface area contributed by atoms with Crippen LogP contribution in [0.25, 0.3) is 0 Å². The van der Waals surface area contributed by atoms with E-state index in [1.54, 1.807) is 6.07 Å². The van der Waals surface area contributed by atoms with Crippen LogP contribution in [-0.4, -0.2) is 28.4 Å². The number of nitrogens with one attached hydrogen (secondary N) is 1. The molecule has 3 aromatic rings. The van der Waals surface area contributed by atoms with E-state index in [2.05, 4.69) is 26.1 Å². The average molecular weight is 391 g/mol. The third-order valence-corrected chi connectivity index (χ3v) is 4.78. The highest BCUT2D eigenvalue weighted by Crippen LogP contribution is 2.31. The summed E-state index contributed by atoms with van der Waals surface area (Å²) in [5.74, 6) is 1.62. The smallest absolute Gasteiger partial charge is 0.270 e. The summed E-state index contributed by atoms with van der Waals surface area (Å²) in [6.45, 7) is 7.04. The lowest BCUT2D eigenvalue weighted by molar-refractivity contribution is -0.125. The van der Waals surface area contributed by atoms with E-state index in [1.807, 2.05) is 59.3 Å². The van der Waals surface area contributed by atoms with Crippen LogP contribution in [0, 0.1) is 0 Å². The van der Waals surface area contributed by atoms with E-state index in [0.717, 1.165) is 11.3 Å². The van der Waals surface area contributed by atoms with Gasteiger partial charge in [0.2, 0.25) is 6.10 Å². The molecule has 2 aromatic carbocycles. The summed E-state index contributed by atoms with van der Waals surface area (Å²) >= 11 is 0. The lowest BCUT2D eigenvalue weighted by Gasteiger charge is -2.25. The Balaban J connectivity index is 1.55. The fourth-order valence-electron chi connectivity index (χ4n) is 3.12. The first-order valence-electron chi connectivity index (χ1n) is 9.72. The maximum atomic E-state index is 12.9.